The Morgan fingerprint density at radius 3 is 2.32 bits per heavy atom. The van der Waals surface area contributed by atoms with Gasteiger partial charge in [0, 0.05) is 28.0 Å². The van der Waals surface area contributed by atoms with E-state index in [1.165, 1.54) is 24.5 Å². The Morgan fingerprint density at radius 1 is 1.16 bits per heavy atom. The van der Waals surface area contributed by atoms with Crippen LogP contribution < -0.4 is 0 Å². The molecule has 1 heterocycles. The molecule has 100 valence electrons. The van der Waals surface area contributed by atoms with Crippen molar-refractivity contribution in [2.45, 2.75) is 12.1 Å². The van der Waals surface area contributed by atoms with Gasteiger partial charge in [0.15, 0.2) is 5.82 Å². The molecule has 0 bridgehead atoms. The first kappa shape index (κ1) is 14.3. The summed E-state index contributed by atoms with van der Waals surface area (Å²) >= 11 is 8.61. The Balaban J connectivity index is 2.54. The van der Waals surface area contributed by atoms with Gasteiger partial charge in [-0.3, -0.25) is 0 Å². The molecule has 2 rings (SSSR count). The molecule has 0 N–H and O–H groups in total. The van der Waals surface area contributed by atoms with Gasteiger partial charge in [-0.25, -0.2) is 9.97 Å². The van der Waals surface area contributed by atoms with Crippen LogP contribution in [0.2, 0.25) is 0 Å². The van der Waals surface area contributed by atoms with E-state index in [0.29, 0.717) is 10.0 Å². The zero-order valence-electron chi connectivity index (χ0n) is 9.38. The summed E-state index contributed by atoms with van der Waals surface area (Å²) in [4.78, 5) is 7.83. The fourth-order valence-corrected chi connectivity index (χ4v) is 2.01. The van der Waals surface area contributed by atoms with Crippen molar-refractivity contribution in [3.63, 3.8) is 0 Å². The molecule has 0 atom stereocenters. The van der Waals surface area contributed by atoms with Gasteiger partial charge in [-0.05, 0) is 18.2 Å². The summed E-state index contributed by atoms with van der Waals surface area (Å²) in [6.45, 7) is 0. The van der Waals surface area contributed by atoms with E-state index in [9.17, 15) is 13.2 Å². The van der Waals surface area contributed by atoms with Crippen molar-refractivity contribution in [2.75, 3.05) is 0 Å². The summed E-state index contributed by atoms with van der Waals surface area (Å²) < 4.78 is 39.2. The number of rotatable bonds is 2. The monoisotopic (exact) mass is 350 g/mol. The van der Waals surface area contributed by atoms with Crippen molar-refractivity contribution in [3.05, 3.63) is 46.2 Å². The zero-order valence-corrected chi connectivity index (χ0v) is 11.7. The number of hydrogen-bond acceptors (Lipinski definition) is 2. The van der Waals surface area contributed by atoms with Crippen molar-refractivity contribution in [3.8, 4) is 11.4 Å². The highest BCUT2D eigenvalue weighted by molar-refractivity contribution is 9.10. The van der Waals surface area contributed by atoms with E-state index in [-0.39, 0.29) is 17.3 Å². The van der Waals surface area contributed by atoms with Gasteiger partial charge in [-0.1, -0.05) is 15.9 Å². The third-order valence-corrected chi connectivity index (χ3v) is 3.19. The smallest absolute Gasteiger partial charge is 0.236 e. The molecule has 0 fully saturated rings. The maximum absolute atomic E-state index is 13.0. The van der Waals surface area contributed by atoms with Gasteiger partial charge in [-0.2, -0.15) is 13.2 Å². The highest BCUT2D eigenvalue weighted by Gasteiger charge is 2.34. The summed E-state index contributed by atoms with van der Waals surface area (Å²) in [5, 5.41) is 0. The molecule has 2 nitrogen and oxygen atoms in total. The second-order valence-electron chi connectivity index (χ2n) is 3.74. The first-order valence-corrected chi connectivity index (χ1v) is 6.48. The van der Waals surface area contributed by atoms with E-state index in [4.69, 9.17) is 11.6 Å². The lowest BCUT2D eigenvalue weighted by Gasteiger charge is -2.12. The van der Waals surface area contributed by atoms with Gasteiger partial charge in [0.25, 0.3) is 0 Å². The van der Waals surface area contributed by atoms with Crippen molar-refractivity contribution in [2.24, 2.45) is 0 Å². The molecule has 0 aliphatic rings. The van der Waals surface area contributed by atoms with Crippen LogP contribution in [0.25, 0.3) is 11.4 Å². The van der Waals surface area contributed by atoms with E-state index in [2.05, 4.69) is 25.9 Å². The standard InChI is InChI=1S/C12H7BrClF3N2/c13-8-1-2-9(10(3-8)12(15,16)17)11-18-5-7(4-14)6-19-11/h1-3,5-6H,4H2. The third-order valence-electron chi connectivity index (χ3n) is 2.39. The van der Waals surface area contributed by atoms with Crippen LogP contribution in [0.1, 0.15) is 11.1 Å². The van der Waals surface area contributed by atoms with Gasteiger partial charge in [0.2, 0.25) is 0 Å². The van der Waals surface area contributed by atoms with Gasteiger partial charge in [0.1, 0.15) is 0 Å². The molecule has 1 aromatic heterocycles. The lowest BCUT2D eigenvalue weighted by Crippen LogP contribution is -2.08. The molecule has 0 unspecified atom stereocenters. The maximum Gasteiger partial charge on any atom is 0.417 e. The van der Waals surface area contributed by atoms with Crippen LogP contribution in [-0.4, -0.2) is 9.97 Å². The molecular formula is C12H7BrClF3N2. The Labute approximate surface area is 120 Å². The van der Waals surface area contributed by atoms with E-state index in [0.717, 1.165) is 6.07 Å². The molecule has 0 aliphatic heterocycles. The van der Waals surface area contributed by atoms with Crippen molar-refractivity contribution < 1.29 is 13.2 Å². The number of aromatic nitrogens is 2. The van der Waals surface area contributed by atoms with Gasteiger partial charge in [-0.15, -0.1) is 11.6 Å². The Hall–Kier alpha value is -1.14. The Bertz CT molecular complexity index is 585. The minimum atomic E-state index is -4.46. The van der Waals surface area contributed by atoms with Crippen molar-refractivity contribution >= 4 is 27.5 Å². The minimum Gasteiger partial charge on any atom is -0.236 e. The lowest BCUT2D eigenvalue weighted by molar-refractivity contribution is -0.137. The van der Waals surface area contributed by atoms with Crippen molar-refractivity contribution in [1.82, 2.24) is 9.97 Å². The number of hydrogen-bond donors (Lipinski definition) is 0. The van der Waals surface area contributed by atoms with E-state index >= 15 is 0 Å². The number of nitrogens with zero attached hydrogens (tertiary/aromatic N) is 2. The molecule has 0 saturated heterocycles. The molecule has 0 spiro atoms. The second kappa shape index (κ2) is 5.46. The lowest BCUT2D eigenvalue weighted by atomic mass is 10.1. The van der Waals surface area contributed by atoms with E-state index in [1.807, 2.05) is 0 Å². The molecule has 19 heavy (non-hydrogen) atoms. The summed E-state index contributed by atoms with van der Waals surface area (Å²) in [5.41, 5.74) is -0.187. The number of benzene rings is 1. The molecule has 2 aromatic rings. The van der Waals surface area contributed by atoms with Crippen LogP contribution in [0.4, 0.5) is 13.2 Å². The van der Waals surface area contributed by atoms with Crippen LogP contribution in [0, 0.1) is 0 Å². The second-order valence-corrected chi connectivity index (χ2v) is 4.92. The average Bonchev–Trinajstić information content (AvgIpc) is 2.38. The molecule has 0 amide bonds. The molecular weight excluding hydrogens is 344 g/mol. The number of alkyl halides is 4. The van der Waals surface area contributed by atoms with Crippen LogP contribution >= 0.6 is 27.5 Å². The summed E-state index contributed by atoms with van der Waals surface area (Å²) in [6, 6.07) is 3.86. The van der Waals surface area contributed by atoms with E-state index < -0.39 is 11.7 Å². The SMILES string of the molecule is FC(F)(F)c1cc(Br)ccc1-c1ncc(CCl)cn1. The highest BCUT2D eigenvalue weighted by Crippen LogP contribution is 2.37. The summed E-state index contributed by atoms with van der Waals surface area (Å²) in [5.74, 6) is 0.237. The Morgan fingerprint density at radius 2 is 1.79 bits per heavy atom. The molecule has 0 radical (unpaired) electrons. The average molecular weight is 352 g/mol. The van der Waals surface area contributed by atoms with Crippen LogP contribution in [0.15, 0.2) is 35.1 Å². The molecule has 0 saturated carbocycles. The van der Waals surface area contributed by atoms with E-state index in [1.54, 1.807) is 0 Å². The summed E-state index contributed by atoms with van der Waals surface area (Å²) in [6.07, 6.45) is -1.64. The van der Waals surface area contributed by atoms with Crippen LogP contribution in [-0.2, 0) is 12.1 Å². The van der Waals surface area contributed by atoms with Crippen LogP contribution in [0.5, 0.6) is 0 Å². The fraction of sp³-hybridized carbons (Fsp3) is 0.167. The van der Waals surface area contributed by atoms with Gasteiger partial charge >= 0.3 is 6.18 Å². The first-order valence-electron chi connectivity index (χ1n) is 5.16. The molecule has 7 heteroatoms. The van der Waals surface area contributed by atoms with Gasteiger partial charge < -0.3 is 0 Å². The predicted molar refractivity (Wildman–Crippen MR) is 69.7 cm³/mol. The minimum absolute atomic E-state index is 0.0219. The first-order chi connectivity index (χ1) is 8.91. The highest BCUT2D eigenvalue weighted by atomic mass is 79.9. The fourth-order valence-electron chi connectivity index (χ4n) is 1.51. The predicted octanol–water partition coefficient (Wildman–Crippen LogP) is 4.66. The summed E-state index contributed by atoms with van der Waals surface area (Å²) in [7, 11) is 0. The number of halogens is 5. The molecule has 1 aromatic carbocycles. The zero-order chi connectivity index (χ0) is 14.0. The largest absolute Gasteiger partial charge is 0.417 e. The van der Waals surface area contributed by atoms with Crippen molar-refractivity contribution in [1.29, 1.82) is 0 Å². The Kier molecular flexibility index (Phi) is 4.10. The quantitative estimate of drug-likeness (QED) is 0.735. The maximum atomic E-state index is 13.0. The van der Waals surface area contributed by atoms with Gasteiger partial charge in [0.05, 0.1) is 11.4 Å². The third kappa shape index (κ3) is 3.25. The molecule has 0 aliphatic carbocycles. The normalized spacial score (nSPS) is 11.6. The topological polar surface area (TPSA) is 25.8 Å². The van der Waals surface area contributed by atoms with Crippen LogP contribution in [0.3, 0.4) is 0 Å².